The number of rotatable bonds is 3. The number of ether oxygens (including phenoxy) is 1. The molecule has 5 nitrogen and oxygen atoms in total. The second-order valence-electron chi connectivity index (χ2n) is 3.37. The number of hydrogen-bond donors (Lipinski definition) is 1. The SMILES string of the molecule is Cc1cnc(C(C)NC(=O)OCC(F)(F)F)o1. The number of nitrogens with one attached hydrogen (secondary N) is 1. The molecule has 8 heteroatoms. The third kappa shape index (κ3) is 4.75. The molecule has 1 atom stereocenters. The van der Waals surface area contributed by atoms with Gasteiger partial charge in [-0.2, -0.15) is 13.2 Å². The average molecular weight is 252 g/mol. The lowest BCUT2D eigenvalue weighted by molar-refractivity contribution is -0.160. The van der Waals surface area contributed by atoms with Crippen LogP contribution >= 0.6 is 0 Å². The van der Waals surface area contributed by atoms with Gasteiger partial charge in [-0.25, -0.2) is 9.78 Å². The summed E-state index contributed by atoms with van der Waals surface area (Å²) in [7, 11) is 0. The van der Waals surface area contributed by atoms with Gasteiger partial charge in [0.05, 0.1) is 6.20 Å². The summed E-state index contributed by atoms with van der Waals surface area (Å²) in [5.41, 5.74) is 0. The molecular weight excluding hydrogens is 241 g/mol. The minimum Gasteiger partial charge on any atom is -0.444 e. The molecule has 0 aromatic carbocycles. The van der Waals surface area contributed by atoms with E-state index in [4.69, 9.17) is 4.42 Å². The predicted octanol–water partition coefficient (Wildman–Crippen LogP) is 2.33. The van der Waals surface area contributed by atoms with Crippen molar-refractivity contribution in [1.29, 1.82) is 0 Å². The molecule has 0 fully saturated rings. The number of oxazole rings is 1. The van der Waals surface area contributed by atoms with E-state index in [2.05, 4.69) is 15.0 Å². The van der Waals surface area contributed by atoms with Crippen LogP contribution in [0.5, 0.6) is 0 Å². The zero-order valence-electron chi connectivity index (χ0n) is 9.17. The number of aryl methyl sites for hydroxylation is 1. The second-order valence-corrected chi connectivity index (χ2v) is 3.37. The van der Waals surface area contributed by atoms with Crippen LogP contribution in [0.15, 0.2) is 10.6 Å². The van der Waals surface area contributed by atoms with Gasteiger partial charge < -0.3 is 14.5 Å². The van der Waals surface area contributed by atoms with Crippen molar-refractivity contribution >= 4 is 6.09 Å². The van der Waals surface area contributed by atoms with Gasteiger partial charge in [0.2, 0.25) is 5.89 Å². The fourth-order valence-electron chi connectivity index (χ4n) is 1.000. The molecule has 0 saturated carbocycles. The molecule has 1 unspecified atom stereocenters. The molecule has 1 aromatic rings. The van der Waals surface area contributed by atoms with Crippen LogP contribution in [0.2, 0.25) is 0 Å². The number of halogens is 3. The van der Waals surface area contributed by atoms with Gasteiger partial charge >= 0.3 is 12.3 Å². The van der Waals surface area contributed by atoms with E-state index < -0.39 is 24.9 Å². The molecule has 0 aliphatic rings. The van der Waals surface area contributed by atoms with Gasteiger partial charge in [0.25, 0.3) is 0 Å². The van der Waals surface area contributed by atoms with Gasteiger partial charge in [-0.15, -0.1) is 0 Å². The summed E-state index contributed by atoms with van der Waals surface area (Å²) in [6, 6.07) is -0.663. The maximum Gasteiger partial charge on any atom is 0.422 e. The van der Waals surface area contributed by atoms with E-state index in [0.29, 0.717) is 5.76 Å². The lowest BCUT2D eigenvalue weighted by Crippen LogP contribution is -2.31. The monoisotopic (exact) mass is 252 g/mol. The molecule has 0 aliphatic carbocycles. The maximum atomic E-state index is 11.7. The van der Waals surface area contributed by atoms with Gasteiger partial charge in [0, 0.05) is 0 Å². The molecule has 0 spiro atoms. The van der Waals surface area contributed by atoms with Crippen LogP contribution < -0.4 is 5.32 Å². The number of nitrogens with zero attached hydrogens (tertiary/aromatic N) is 1. The highest BCUT2D eigenvalue weighted by atomic mass is 19.4. The molecule has 0 bridgehead atoms. The topological polar surface area (TPSA) is 64.4 Å². The Bertz CT molecular complexity index is 389. The average Bonchev–Trinajstić information content (AvgIpc) is 2.61. The lowest BCUT2D eigenvalue weighted by Gasteiger charge is -2.12. The minimum atomic E-state index is -4.54. The Morgan fingerprint density at radius 1 is 1.65 bits per heavy atom. The summed E-state index contributed by atoms with van der Waals surface area (Å²) in [6.07, 6.45) is -4.28. The first kappa shape index (κ1) is 13.3. The summed E-state index contributed by atoms with van der Waals surface area (Å²) in [5.74, 6) is 0.740. The molecule has 0 radical (unpaired) electrons. The number of alkyl carbamates (subject to hydrolysis) is 1. The molecule has 1 rings (SSSR count). The zero-order valence-corrected chi connectivity index (χ0v) is 9.17. The first-order valence-corrected chi connectivity index (χ1v) is 4.70. The normalized spacial score (nSPS) is 13.2. The van der Waals surface area contributed by atoms with E-state index in [9.17, 15) is 18.0 Å². The number of carbonyl (C=O) groups excluding carboxylic acids is 1. The van der Waals surface area contributed by atoms with Crippen LogP contribution in [-0.4, -0.2) is 23.9 Å². The van der Waals surface area contributed by atoms with Crippen molar-refractivity contribution in [3.63, 3.8) is 0 Å². The molecule has 1 aromatic heterocycles. The molecule has 0 saturated heterocycles. The standard InChI is InChI=1S/C9H11F3N2O3/c1-5-3-13-7(17-5)6(2)14-8(15)16-4-9(10,11)12/h3,6H,4H2,1-2H3,(H,14,15). The third-order valence-corrected chi connectivity index (χ3v) is 1.71. The van der Waals surface area contributed by atoms with E-state index >= 15 is 0 Å². The van der Waals surface area contributed by atoms with Crippen molar-refractivity contribution in [2.45, 2.75) is 26.1 Å². The fourth-order valence-corrected chi connectivity index (χ4v) is 1.000. The van der Waals surface area contributed by atoms with Crippen LogP contribution in [0.1, 0.15) is 24.6 Å². The summed E-state index contributed by atoms with van der Waals surface area (Å²) >= 11 is 0. The number of aromatic nitrogens is 1. The van der Waals surface area contributed by atoms with Gasteiger partial charge in [0.1, 0.15) is 11.8 Å². The first-order valence-electron chi connectivity index (χ1n) is 4.70. The summed E-state index contributed by atoms with van der Waals surface area (Å²) < 4.78 is 44.3. The highest BCUT2D eigenvalue weighted by Gasteiger charge is 2.30. The summed E-state index contributed by atoms with van der Waals surface area (Å²) in [4.78, 5) is 14.8. The van der Waals surface area contributed by atoms with E-state index in [1.807, 2.05) is 0 Å². The van der Waals surface area contributed by atoms with Crippen LogP contribution in [0.4, 0.5) is 18.0 Å². The highest BCUT2D eigenvalue weighted by molar-refractivity contribution is 5.67. The van der Waals surface area contributed by atoms with Gasteiger partial charge in [-0.3, -0.25) is 0 Å². The highest BCUT2D eigenvalue weighted by Crippen LogP contribution is 2.15. The van der Waals surface area contributed by atoms with E-state index in [-0.39, 0.29) is 5.89 Å². The van der Waals surface area contributed by atoms with Crippen molar-refractivity contribution in [2.75, 3.05) is 6.61 Å². The molecule has 0 aliphatic heterocycles. The van der Waals surface area contributed by atoms with Crippen LogP contribution in [-0.2, 0) is 4.74 Å². The molecule has 96 valence electrons. The molecule has 1 heterocycles. The van der Waals surface area contributed by atoms with Crippen LogP contribution in [0.3, 0.4) is 0 Å². The smallest absolute Gasteiger partial charge is 0.422 e. The van der Waals surface area contributed by atoms with Gasteiger partial charge in [-0.1, -0.05) is 0 Å². The van der Waals surface area contributed by atoms with Crippen LogP contribution in [0, 0.1) is 6.92 Å². The number of hydrogen-bond acceptors (Lipinski definition) is 4. The molecule has 17 heavy (non-hydrogen) atoms. The largest absolute Gasteiger partial charge is 0.444 e. The van der Waals surface area contributed by atoms with Crippen molar-refractivity contribution in [1.82, 2.24) is 10.3 Å². The molecular formula is C9H11F3N2O3. The van der Waals surface area contributed by atoms with E-state index in [1.54, 1.807) is 6.92 Å². The Hall–Kier alpha value is -1.73. The zero-order chi connectivity index (χ0) is 13.1. The van der Waals surface area contributed by atoms with Gasteiger partial charge in [-0.05, 0) is 13.8 Å². The lowest BCUT2D eigenvalue weighted by atomic mass is 10.3. The van der Waals surface area contributed by atoms with Gasteiger partial charge in [0.15, 0.2) is 6.61 Å². The number of alkyl halides is 3. The number of amides is 1. The fraction of sp³-hybridized carbons (Fsp3) is 0.556. The molecule has 1 N–H and O–H groups in total. The van der Waals surface area contributed by atoms with E-state index in [1.165, 1.54) is 13.1 Å². The summed E-state index contributed by atoms with van der Waals surface area (Å²) in [5, 5.41) is 2.16. The Morgan fingerprint density at radius 3 is 2.76 bits per heavy atom. The second kappa shape index (κ2) is 5.07. The maximum absolute atomic E-state index is 11.7. The quantitative estimate of drug-likeness (QED) is 0.896. The summed E-state index contributed by atoms with van der Waals surface area (Å²) in [6.45, 7) is 1.54. The first-order chi connectivity index (χ1) is 7.78. The molecule has 1 amide bonds. The van der Waals surface area contributed by atoms with Crippen molar-refractivity contribution in [2.24, 2.45) is 0 Å². The number of carbonyl (C=O) groups is 1. The van der Waals surface area contributed by atoms with Crippen molar-refractivity contribution in [3.8, 4) is 0 Å². The Morgan fingerprint density at radius 2 is 2.29 bits per heavy atom. The van der Waals surface area contributed by atoms with E-state index in [0.717, 1.165) is 0 Å². The predicted molar refractivity (Wildman–Crippen MR) is 50.2 cm³/mol. The van der Waals surface area contributed by atoms with Crippen LogP contribution in [0.25, 0.3) is 0 Å². The minimum absolute atomic E-state index is 0.200. The van der Waals surface area contributed by atoms with Crippen molar-refractivity contribution in [3.05, 3.63) is 17.8 Å². The Kier molecular flexibility index (Phi) is 3.97. The Balaban J connectivity index is 2.41. The van der Waals surface area contributed by atoms with Crippen molar-refractivity contribution < 1.29 is 27.1 Å². The third-order valence-electron chi connectivity index (χ3n) is 1.71. The Labute approximate surface area is 95.0 Å².